The molecular formula is C18H21N3O3. The number of H-pyrrole nitrogens is 1. The van der Waals surface area contributed by atoms with Crippen LogP contribution in [0, 0.1) is 0 Å². The first kappa shape index (κ1) is 16.1. The van der Waals surface area contributed by atoms with Crippen LogP contribution in [-0.4, -0.2) is 48.6 Å². The second-order valence-electron chi connectivity index (χ2n) is 5.69. The zero-order chi connectivity index (χ0) is 16.8. The predicted molar refractivity (Wildman–Crippen MR) is 92.4 cm³/mol. The molecule has 1 aromatic heterocycles. The second kappa shape index (κ2) is 7.68. The number of pyridine rings is 1. The Morgan fingerprint density at radius 2 is 1.79 bits per heavy atom. The van der Waals surface area contributed by atoms with E-state index in [4.69, 9.17) is 4.74 Å². The van der Waals surface area contributed by atoms with Crippen LogP contribution >= 0.6 is 0 Å². The molecule has 0 aliphatic carbocycles. The molecule has 0 unspecified atom stereocenters. The van der Waals surface area contributed by atoms with E-state index in [0.29, 0.717) is 26.1 Å². The largest absolute Gasteiger partial charge is 0.493 e. The molecule has 0 bridgehead atoms. The molecule has 0 atom stereocenters. The average molecular weight is 327 g/mol. The lowest BCUT2D eigenvalue weighted by Crippen LogP contribution is -2.49. The van der Waals surface area contributed by atoms with E-state index in [-0.39, 0.29) is 11.5 Å². The number of hydrogen-bond donors (Lipinski definition) is 1. The van der Waals surface area contributed by atoms with E-state index < -0.39 is 0 Å². The number of carbonyl (C=O) groups excluding carboxylic acids is 1. The van der Waals surface area contributed by atoms with Crippen molar-refractivity contribution in [3.63, 3.8) is 0 Å². The van der Waals surface area contributed by atoms with Crippen LogP contribution in [0.3, 0.4) is 0 Å². The van der Waals surface area contributed by atoms with Gasteiger partial charge in [-0.25, -0.2) is 0 Å². The molecule has 1 amide bonds. The summed E-state index contributed by atoms with van der Waals surface area (Å²) in [6, 6.07) is 12.8. The lowest BCUT2D eigenvalue weighted by Gasteiger charge is -2.36. The summed E-state index contributed by atoms with van der Waals surface area (Å²) in [4.78, 5) is 30.1. The minimum Gasteiger partial charge on any atom is -0.493 e. The quantitative estimate of drug-likeness (QED) is 0.904. The normalized spacial score (nSPS) is 14.5. The Bertz CT molecular complexity index is 701. The molecule has 3 rings (SSSR count). The summed E-state index contributed by atoms with van der Waals surface area (Å²) in [5.41, 5.74) is 0.875. The smallest absolute Gasteiger partial charge is 0.248 e. The summed E-state index contributed by atoms with van der Waals surface area (Å²) in [6.07, 6.45) is 2.10. The average Bonchev–Trinajstić information content (AvgIpc) is 2.63. The van der Waals surface area contributed by atoms with E-state index >= 15 is 0 Å². The van der Waals surface area contributed by atoms with E-state index in [1.165, 1.54) is 6.07 Å². The van der Waals surface area contributed by atoms with Gasteiger partial charge in [0.15, 0.2) is 0 Å². The maximum absolute atomic E-state index is 12.3. The van der Waals surface area contributed by atoms with Crippen LogP contribution in [-0.2, 0) is 4.79 Å². The number of aromatic nitrogens is 1. The number of amides is 1. The maximum Gasteiger partial charge on any atom is 0.248 e. The van der Waals surface area contributed by atoms with Gasteiger partial charge in [-0.15, -0.1) is 0 Å². The van der Waals surface area contributed by atoms with Gasteiger partial charge in [-0.1, -0.05) is 18.2 Å². The second-order valence-corrected chi connectivity index (χ2v) is 5.69. The molecule has 1 aromatic carbocycles. The number of rotatable bonds is 5. The Hall–Kier alpha value is -2.76. The third-order valence-corrected chi connectivity index (χ3v) is 4.09. The zero-order valence-corrected chi connectivity index (χ0v) is 13.5. The molecule has 6 nitrogen and oxygen atoms in total. The molecule has 126 valence electrons. The molecule has 0 saturated carbocycles. The first-order valence-corrected chi connectivity index (χ1v) is 8.12. The van der Waals surface area contributed by atoms with Gasteiger partial charge in [0.05, 0.1) is 18.7 Å². The van der Waals surface area contributed by atoms with Gasteiger partial charge in [0.25, 0.3) is 0 Å². The number of para-hydroxylation sites is 1. The molecular weight excluding hydrogens is 306 g/mol. The molecule has 1 saturated heterocycles. The zero-order valence-electron chi connectivity index (χ0n) is 13.5. The standard InChI is InChI=1S/C18H21N3O3/c22-17-7-6-15(14-19-17)20-9-11-21(12-10-20)18(23)8-13-24-16-4-2-1-3-5-16/h1-7,14H,8-13H2,(H,19,22). The maximum atomic E-state index is 12.3. The summed E-state index contributed by atoms with van der Waals surface area (Å²) in [5, 5.41) is 0. The number of nitrogens with zero attached hydrogens (tertiary/aromatic N) is 2. The third-order valence-electron chi connectivity index (χ3n) is 4.09. The molecule has 0 radical (unpaired) electrons. The number of anilines is 1. The molecule has 1 N–H and O–H groups in total. The fraction of sp³-hybridized carbons (Fsp3) is 0.333. The van der Waals surface area contributed by atoms with Gasteiger partial charge >= 0.3 is 0 Å². The number of aromatic amines is 1. The van der Waals surface area contributed by atoms with E-state index in [1.807, 2.05) is 41.3 Å². The number of carbonyl (C=O) groups is 1. The Balaban J connectivity index is 1.43. The Labute approximate surface area is 140 Å². The molecule has 1 aliphatic heterocycles. The highest BCUT2D eigenvalue weighted by Crippen LogP contribution is 2.14. The molecule has 1 aliphatic rings. The topological polar surface area (TPSA) is 65.6 Å². The van der Waals surface area contributed by atoms with Crippen molar-refractivity contribution >= 4 is 11.6 Å². The van der Waals surface area contributed by atoms with Crippen LogP contribution in [0.4, 0.5) is 5.69 Å². The van der Waals surface area contributed by atoms with E-state index in [9.17, 15) is 9.59 Å². The van der Waals surface area contributed by atoms with Gasteiger partial charge in [0.1, 0.15) is 5.75 Å². The highest BCUT2D eigenvalue weighted by atomic mass is 16.5. The van der Waals surface area contributed by atoms with Crippen LogP contribution in [0.25, 0.3) is 0 Å². The number of piperazine rings is 1. The van der Waals surface area contributed by atoms with Crippen molar-refractivity contribution in [2.24, 2.45) is 0 Å². The number of benzene rings is 1. The van der Waals surface area contributed by atoms with Crippen molar-refractivity contribution in [3.05, 3.63) is 59.0 Å². The first-order chi connectivity index (χ1) is 11.7. The molecule has 0 spiro atoms. The van der Waals surface area contributed by atoms with Gasteiger partial charge in [-0.2, -0.15) is 0 Å². The van der Waals surface area contributed by atoms with Crippen molar-refractivity contribution in [1.29, 1.82) is 0 Å². The van der Waals surface area contributed by atoms with Crippen molar-refractivity contribution in [2.75, 3.05) is 37.7 Å². The van der Waals surface area contributed by atoms with Crippen LogP contribution in [0.1, 0.15) is 6.42 Å². The Morgan fingerprint density at radius 1 is 1.04 bits per heavy atom. The fourth-order valence-electron chi connectivity index (χ4n) is 2.74. The van der Waals surface area contributed by atoms with Crippen molar-refractivity contribution in [1.82, 2.24) is 9.88 Å². The van der Waals surface area contributed by atoms with Crippen molar-refractivity contribution in [3.8, 4) is 5.75 Å². The molecule has 1 fully saturated rings. The Kier molecular flexibility index (Phi) is 5.15. The SMILES string of the molecule is O=C(CCOc1ccccc1)N1CCN(c2ccc(=O)[nH]c2)CC1. The number of ether oxygens (including phenoxy) is 1. The monoisotopic (exact) mass is 327 g/mol. The minimum absolute atomic E-state index is 0.106. The third kappa shape index (κ3) is 4.16. The predicted octanol–water partition coefficient (Wildman–Crippen LogP) is 1.49. The number of nitrogens with one attached hydrogen (secondary N) is 1. The van der Waals surface area contributed by atoms with Crippen LogP contribution in [0.2, 0.25) is 0 Å². The number of hydrogen-bond acceptors (Lipinski definition) is 4. The van der Waals surface area contributed by atoms with Crippen molar-refractivity contribution < 1.29 is 9.53 Å². The highest BCUT2D eigenvalue weighted by molar-refractivity contribution is 5.76. The summed E-state index contributed by atoms with van der Waals surface area (Å²) < 4.78 is 5.58. The fourth-order valence-corrected chi connectivity index (χ4v) is 2.74. The molecule has 2 aromatic rings. The molecule has 24 heavy (non-hydrogen) atoms. The van der Waals surface area contributed by atoms with E-state index in [2.05, 4.69) is 9.88 Å². The van der Waals surface area contributed by atoms with Crippen LogP contribution in [0.5, 0.6) is 5.75 Å². The lowest BCUT2D eigenvalue weighted by atomic mass is 10.2. The van der Waals surface area contributed by atoms with Crippen LogP contribution in [0.15, 0.2) is 53.5 Å². The van der Waals surface area contributed by atoms with Crippen molar-refractivity contribution in [2.45, 2.75) is 6.42 Å². The minimum atomic E-state index is -0.106. The van der Waals surface area contributed by atoms with Gasteiger partial charge in [-0.05, 0) is 18.2 Å². The molecule has 2 heterocycles. The van der Waals surface area contributed by atoms with Gasteiger partial charge < -0.3 is 19.5 Å². The van der Waals surface area contributed by atoms with E-state index in [0.717, 1.165) is 24.5 Å². The summed E-state index contributed by atoms with van der Waals surface area (Å²) in [5.74, 6) is 0.903. The first-order valence-electron chi connectivity index (χ1n) is 8.12. The summed E-state index contributed by atoms with van der Waals surface area (Å²) in [6.45, 7) is 3.28. The van der Waals surface area contributed by atoms with Gasteiger partial charge in [-0.3, -0.25) is 9.59 Å². The van der Waals surface area contributed by atoms with Crippen LogP contribution < -0.4 is 15.2 Å². The summed E-state index contributed by atoms with van der Waals surface area (Å²) in [7, 11) is 0. The lowest BCUT2D eigenvalue weighted by molar-refractivity contribution is -0.132. The van der Waals surface area contributed by atoms with E-state index in [1.54, 1.807) is 6.20 Å². The molecule has 6 heteroatoms. The Morgan fingerprint density at radius 3 is 2.46 bits per heavy atom. The summed E-state index contributed by atoms with van der Waals surface area (Å²) >= 11 is 0. The highest BCUT2D eigenvalue weighted by Gasteiger charge is 2.21. The van der Waals surface area contributed by atoms with Gasteiger partial charge in [0, 0.05) is 38.4 Å². The van der Waals surface area contributed by atoms with Gasteiger partial charge in [0.2, 0.25) is 11.5 Å².